The van der Waals surface area contributed by atoms with E-state index in [-0.39, 0.29) is 19.0 Å². The number of ether oxygens (including phenoxy) is 2. The minimum absolute atomic E-state index is 0.108. The van der Waals surface area contributed by atoms with Gasteiger partial charge in [0.25, 0.3) is 0 Å². The van der Waals surface area contributed by atoms with Crippen molar-refractivity contribution < 1.29 is 19.4 Å². The number of hydrogen-bond acceptors (Lipinski definition) is 6. The number of nitrogens with zero attached hydrogens (tertiary/aromatic N) is 3. The maximum Gasteiger partial charge on any atom is 0.410 e. The number of methoxy groups -OCH3 is 1. The molecule has 1 aliphatic heterocycles. The van der Waals surface area contributed by atoms with Gasteiger partial charge in [-0.15, -0.1) is 0 Å². The molecular formula is C13H19N3O4. The zero-order chi connectivity index (χ0) is 15.0. The van der Waals surface area contributed by atoms with E-state index in [1.807, 2.05) is 0 Å². The number of β-amino-alcohol motifs (C(OH)–C–C–N with tert-alkyl or cyclic N) is 1. The van der Waals surface area contributed by atoms with Crippen LogP contribution in [-0.2, 0) is 10.3 Å². The second-order valence-electron chi connectivity index (χ2n) is 5.78. The molecule has 1 aromatic heterocycles. The van der Waals surface area contributed by atoms with Crippen LogP contribution in [-0.4, -0.2) is 51.9 Å². The standard InChI is InChI=1S/C13H19N3O4/c1-12(2,3)20-11(17)16-7-13(18,8-16)9-10(19-4)15-6-5-14-9/h5-6,18H,7-8H2,1-4H3. The van der Waals surface area contributed by atoms with E-state index in [4.69, 9.17) is 9.47 Å². The number of likely N-dealkylation sites (tertiary alicyclic amines) is 1. The highest BCUT2D eigenvalue weighted by Gasteiger charge is 2.49. The summed E-state index contributed by atoms with van der Waals surface area (Å²) >= 11 is 0. The summed E-state index contributed by atoms with van der Waals surface area (Å²) in [6.45, 7) is 5.60. The Balaban J connectivity index is 2.06. The summed E-state index contributed by atoms with van der Waals surface area (Å²) in [5.74, 6) is 0.263. The molecule has 0 spiro atoms. The molecular weight excluding hydrogens is 262 g/mol. The molecule has 1 saturated heterocycles. The lowest BCUT2D eigenvalue weighted by molar-refractivity contribution is -0.107. The SMILES string of the molecule is COc1nccnc1C1(O)CN(C(=O)OC(C)(C)C)C1. The number of hydrogen-bond donors (Lipinski definition) is 1. The summed E-state index contributed by atoms with van der Waals surface area (Å²) in [6.07, 6.45) is 2.51. The first-order chi connectivity index (χ1) is 9.25. The lowest BCUT2D eigenvalue weighted by Gasteiger charge is -2.45. The van der Waals surface area contributed by atoms with Crippen molar-refractivity contribution in [2.75, 3.05) is 20.2 Å². The first kappa shape index (κ1) is 14.5. The van der Waals surface area contributed by atoms with Crippen molar-refractivity contribution in [2.24, 2.45) is 0 Å². The van der Waals surface area contributed by atoms with Gasteiger partial charge in [-0.2, -0.15) is 0 Å². The zero-order valence-electron chi connectivity index (χ0n) is 12.1. The van der Waals surface area contributed by atoms with E-state index in [2.05, 4.69) is 9.97 Å². The molecule has 0 aliphatic carbocycles. The molecule has 2 rings (SSSR count). The van der Waals surface area contributed by atoms with E-state index < -0.39 is 17.3 Å². The summed E-state index contributed by atoms with van der Waals surface area (Å²) in [5, 5.41) is 10.5. The molecule has 0 aromatic carbocycles. The highest BCUT2D eigenvalue weighted by Crippen LogP contribution is 2.35. The van der Waals surface area contributed by atoms with Crippen LogP contribution >= 0.6 is 0 Å². The Kier molecular flexibility index (Phi) is 3.56. The quantitative estimate of drug-likeness (QED) is 0.867. The van der Waals surface area contributed by atoms with Crippen molar-refractivity contribution in [2.45, 2.75) is 32.0 Å². The Morgan fingerprint density at radius 2 is 1.95 bits per heavy atom. The van der Waals surface area contributed by atoms with E-state index in [1.54, 1.807) is 20.8 Å². The van der Waals surface area contributed by atoms with Gasteiger partial charge in [0.15, 0.2) is 0 Å². The van der Waals surface area contributed by atoms with Crippen LogP contribution in [0.4, 0.5) is 4.79 Å². The van der Waals surface area contributed by atoms with Gasteiger partial charge >= 0.3 is 6.09 Å². The third-order valence-corrected chi connectivity index (χ3v) is 2.86. The van der Waals surface area contributed by atoms with Crippen molar-refractivity contribution >= 4 is 6.09 Å². The molecule has 110 valence electrons. The molecule has 2 heterocycles. The Labute approximate surface area is 117 Å². The van der Waals surface area contributed by atoms with E-state index in [0.717, 1.165) is 0 Å². The minimum Gasteiger partial charge on any atom is -0.480 e. The number of amides is 1. The molecule has 1 fully saturated rings. The van der Waals surface area contributed by atoms with Gasteiger partial charge in [0.05, 0.1) is 20.2 Å². The highest BCUT2D eigenvalue weighted by molar-refractivity contribution is 5.70. The van der Waals surface area contributed by atoms with Crippen LogP contribution in [0.25, 0.3) is 0 Å². The molecule has 0 unspecified atom stereocenters. The van der Waals surface area contributed by atoms with Crippen LogP contribution in [0, 0.1) is 0 Å². The van der Waals surface area contributed by atoms with Crippen LogP contribution in [0.3, 0.4) is 0 Å². The van der Waals surface area contributed by atoms with Crippen LogP contribution in [0.15, 0.2) is 12.4 Å². The van der Waals surface area contributed by atoms with E-state index in [0.29, 0.717) is 5.69 Å². The molecule has 0 bridgehead atoms. The fourth-order valence-electron chi connectivity index (χ4n) is 1.98. The summed E-state index contributed by atoms with van der Waals surface area (Å²) < 4.78 is 10.3. The van der Waals surface area contributed by atoms with Crippen molar-refractivity contribution in [1.29, 1.82) is 0 Å². The maximum absolute atomic E-state index is 11.8. The lowest BCUT2D eigenvalue weighted by atomic mass is 9.90. The number of aliphatic hydroxyl groups is 1. The van der Waals surface area contributed by atoms with Gasteiger partial charge in [0, 0.05) is 12.4 Å². The predicted molar refractivity (Wildman–Crippen MR) is 70.3 cm³/mol. The van der Waals surface area contributed by atoms with Crippen molar-refractivity contribution in [3.8, 4) is 5.88 Å². The van der Waals surface area contributed by atoms with Crippen molar-refractivity contribution in [1.82, 2.24) is 14.9 Å². The predicted octanol–water partition coefficient (Wildman–Crippen LogP) is 0.923. The van der Waals surface area contributed by atoms with Gasteiger partial charge in [-0.3, -0.25) is 4.98 Å². The topological polar surface area (TPSA) is 84.8 Å². The molecule has 7 nitrogen and oxygen atoms in total. The first-order valence-electron chi connectivity index (χ1n) is 6.31. The van der Waals surface area contributed by atoms with Gasteiger partial charge in [0.1, 0.15) is 16.9 Å². The van der Waals surface area contributed by atoms with Gasteiger partial charge in [-0.05, 0) is 20.8 Å². The van der Waals surface area contributed by atoms with Crippen LogP contribution in [0.2, 0.25) is 0 Å². The van der Waals surface area contributed by atoms with Gasteiger partial charge in [-0.1, -0.05) is 0 Å². The monoisotopic (exact) mass is 281 g/mol. The molecule has 20 heavy (non-hydrogen) atoms. The van der Waals surface area contributed by atoms with E-state index >= 15 is 0 Å². The second-order valence-corrected chi connectivity index (χ2v) is 5.78. The lowest BCUT2D eigenvalue weighted by Crippen LogP contribution is -2.62. The normalized spacial score (nSPS) is 17.4. The average molecular weight is 281 g/mol. The number of aromatic nitrogens is 2. The Bertz CT molecular complexity index is 507. The molecule has 1 aromatic rings. The molecule has 1 N–H and O–H groups in total. The van der Waals surface area contributed by atoms with Crippen molar-refractivity contribution in [3.63, 3.8) is 0 Å². The summed E-state index contributed by atoms with van der Waals surface area (Å²) in [5.41, 5.74) is -1.46. The molecule has 0 atom stereocenters. The van der Waals surface area contributed by atoms with Gasteiger partial charge in [-0.25, -0.2) is 9.78 Å². The smallest absolute Gasteiger partial charge is 0.410 e. The third kappa shape index (κ3) is 2.82. The highest BCUT2D eigenvalue weighted by atomic mass is 16.6. The molecule has 0 saturated carbocycles. The van der Waals surface area contributed by atoms with Crippen molar-refractivity contribution in [3.05, 3.63) is 18.1 Å². The Hall–Kier alpha value is -1.89. The first-order valence-corrected chi connectivity index (χ1v) is 6.31. The third-order valence-electron chi connectivity index (χ3n) is 2.86. The number of rotatable bonds is 2. The maximum atomic E-state index is 11.8. The number of carbonyl (C=O) groups is 1. The molecule has 7 heteroatoms. The van der Waals surface area contributed by atoms with Gasteiger partial charge in [0.2, 0.25) is 5.88 Å². The fraction of sp³-hybridized carbons (Fsp3) is 0.615. The van der Waals surface area contributed by atoms with Crippen LogP contribution in [0.1, 0.15) is 26.5 Å². The molecule has 1 aliphatic rings. The Morgan fingerprint density at radius 1 is 1.35 bits per heavy atom. The molecule has 1 amide bonds. The molecule has 0 radical (unpaired) electrons. The summed E-state index contributed by atoms with van der Waals surface area (Å²) in [4.78, 5) is 21.3. The van der Waals surface area contributed by atoms with Gasteiger partial charge < -0.3 is 19.5 Å². The number of carbonyl (C=O) groups excluding carboxylic acids is 1. The average Bonchev–Trinajstić information content (AvgIpc) is 2.32. The second kappa shape index (κ2) is 4.90. The largest absolute Gasteiger partial charge is 0.480 e. The van der Waals surface area contributed by atoms with Crippen LogP contribution in [0.5, 0.6) is 5.88 Å². The van der Waals surface area contributed by atoms with E-state index in [9.17, 15) is 9.90 Å². The Morgan fingerprint density at radius 3 is 2.50 bits per heavy atom. The minimum atomic E-state index is -1.24. The fourth-order valence-corrected chi connectivity index (χ4v) is 1.98. The van der Waals surface area contributed by atoms with E-state index in [1.165, 1.54) is 24.4 Å². The zero-order valence-corrected chi connectivity index (χ0v) is 12.1. The van der Waals surface area contributed by atoms with Crippen LogP contribution < -0.4 is 4.74 Å². The summed E-state index contributed by atoms with van der Waals surface area (Å²) in [6, 6.07) is 0. The summed E-state index contributed by atoms with van der Waals surface area (Å²) in [7, 11) is 1.46.